The fraction of sp³-hybridized carbons (Fsp3) is 0.286. The molecule has 162 valence electrons. The van der Waals surface area contributed by atoms with Crippen LogP contribution in [-0.2, 0) is 6.18 Å². The Balaban J connectivity index is 1.44. The molecule has 2 aromatic carbocycles. The number of hydrogen-bond acceptors (Lipinski definition) is 4. The molecule has 0 radical (unpaired) electrons. The Morgan fingerprint density at radius 3 is 2.77 bits per heavy atom. The van der Waals surface area contributed by atoms with Gasteiger partial charge in [-0.3, -0.25) is 0 Å². The van der Waals surface area contributed by atoms with Gasteiger partial charge in [-0.05, 0) is 43.2 Å². The monoisotopic (exact) mass is 450 g/mol. The van der Waals surface area contributed by atoms with Crippen LogP contribution in [0, 0.1) is 0 Å². The van der Waals surface area contributed by atoms with Crippen molar-refractivity contribution >= 4 is 23.3 Å². The Kier molecular flexibility index (Phi) is 5.86. The van der Waals surface area contributed by atoms with Crippen LogP contribution >= 0.6 is 11.6 Å². The van der Waals surface area contributed by atoms with Crippen molar-refractivity contribution < 1.29 is 22.5 Å². The second-order valence-electron chi connectivity index (χ2n) is 7.26. The molecule has 1 saturated heterocycles. The zero-order chi connectivity index (χ0) is 22.0. The van der Waals surface area contributed by atoms with Crippen LogP contribution < -0.4 is 5.32 Å². The fourth-order valence-corrected chi connectivity index (χ4v) is 3.68. The lowest BCUT2D eigenvalue weighted by molar-refractivity contribution is -0.137. The van der Waals surface area contributed by atoms with Crippen LogP contribution in [0.15, 0.2) is 53.1 Å². The van der Waals surface area contributed by atoms with Crippen molar-refractivity contribution in [1.82, 2.24) is 15.0 Å². The zero-order valence-electron chi connectivity index (χ0n) is 16.2. The summed E-state index contributed by atoms with van der Waals surface area (Å²) in [7, 11) is 0. The van der Waals surface area contributed by atoms with Crippen molar-refractivity contribution in [2.75, 3.05) is 18.4 Å². The minimum atomic E-state index is -4.48. The molecule has 1 fully saturated rings. The molecule has 0 spiro atoms. The highest BCUT2D eigenvalue weighted by Crippen LogP contribution is 2.31. The molecular weight excluding hydrogens is 433 g/mol. The molecule has 3 aromatic rings. The molecule has 0 bridgehead atoms. The van der Waals surface area contributed by atoms with Crippen LogP contribution in [-0.4, -0.2) is 34.2 Å². The summed E-state index contributed by atoms with van der Waals surface area (Å²) in [5, 5.41) is 7.10. The average molecular weight is 451 g/mol. The van der Waals surface area contributed by atoms with Gasteiger partial charge in [0.25, 0.3) is 0 Å². The summed E-state index contributed by atoms with van der Waals surface area (Å²) in [6.07, 6.45) is -3.02. The number of nitrogens with zero attached hydrogens (tertiary/aromatic N) is 3. The third-order valence-electron chi connectivity index (χ3n) is 5.02. The minimum absolute atomic E-state index is 0.0861. The van der Waals surface area contributed by atoms with Crippen molar-refractivity contribution in [3.05, 3.63) is 65.0 Å². The van der Waals surface area contributed by atoms with Gasteiger partial charge < -0.3 is 14.7 Å². The lowest BCUT2D eigenvalue weighted by atomic mass is 9.98. The van der Waals surface area contributed by atoms with Gasteiger partial charge in [-0.1, -0.05) is 35.0 Å². The second-order valence-corrected chi connectivity index (χ2v) is 7.70. The van der Waals surface area contributed by atoms with Gasteiger partial charge in [0.05, 0.1) is 11.5 Å². The number of alkyl halides is 3. The first-order valence-electron chi connectivity index (χ1n) is 9.62. The van der Waals surface area contributed by atoms with Gasteiger partial charge in [-0.2, -0.15) is 18.2 Å². The fourth-order valence-electron chi connectivity index (χ4n) is 3.48. The number of piperidine rings is 1. The van der Waals surface area contributed by atoms with Crippen molar-refractivity contribution in [3.63, 3.8) is 0 Å². The summed E-state index contributed by atoms with van der Waals surface area (Å²) in [6.45, 7) is 0.804. The van der Waals surface area contributed by atoms with Gasteiger partial charge in [0, 0.05) is 29.4 Å². The number of likely N-dealkylation sites (tertiary alicyclic amines) is 1. The Morgan fingerprint density at radius 2 is 2.00 bits per heavy atom. The molecule has 1 aromatic heterocycles. The number of amides is 2. The van der Waals surface area contributed by atoms with Crippen LogP contribution in [0.2, 0.25) is 5.02 Å². The summed E-state index contributed by atoms with van der Waals surface area (Å²) >= 11 is 6.01. The maximum absolute atomic E-state index is 12.9. The topological polar surface area (TPSA) is 71.3 Å². The first-order valence-corrected chi connectivity index (χ1v) is 10.00. The Hall–Kier alpha value is -3.07. The van der Waals surface area contributed by atoms with Crippen LogP contribution in [0.5, 0.6) is 0 Å². The van der Waals surface area contributed by atoms with E-state index in [1.165, 1.54) is 17.0 Å². The predicted octanol–water partition coefficient (Wildman–Crippen LogP) is 5.82. The van der Waals surface area contributed by atoms with Crippen LogP contribution in [0.1, 0.15) is 30.2 Å². The third kappa shape index (κ3) is 4.99. The van der Waals surface area contributed by atoms with E-state index in [2.05, 4.69) is 15.5 Å². The minimum Gasteiger partial charge on any atom is -0.339 e. The lowest BCUT2D eigenvalue weighted by Crippen LogP contribution is -2.41. The van der Waals surface area contributed by atoms with Crippen molar-refractivity contribution in [2.24, 2.45) is 0 Å². The maximum Gasteiger partial charge on any atom is 0.416 e. The van der Waals surface area contributed by atoms with Crippen LogP contribution in [0.3, 0.4) is 0 Å². The van der Waals surface area contributed by atoms with Gasteiger partial charge >= 0.3 is 12.2 Å². The van der Waals surface area contributed by atoms with Gasteiger partial charge in [0.15, 0.2) is 0 Å². The normalized spacial score (nSPS) is 16.9. The number of hydrogen-bond donors (Lipinski definition) is 1. The smallest absolute Gasteiger partial charge is 0.339 e. The number of rotatable bonds is 3. The predicted molar refractivity (Wildman–Crippen MR) is 109 cm³/mol. The lowest BCUT2D eigenvalue weighted by Gasteiger charge is -2.31. The molecule has 1 aliphatic rings. The van der Waals surface area contributed by atoms with Crippen molar-refractivity contribution in [1.29, 1.82) is 0 Å². The molecule has 0 aliphatic carbocycles. The SMILES string of the molecule is O=C(Nc1cccc(C(F)(F)F)c1)N1CCCC(c2nc(-c3cccc(Cl)c3)no2)C1. The van der Waals surface area contributed by atoms with E-state index in [4.69, 9.17) is 16.1 Å². The van der Waals surface area contributed by atoms with E-state index in [0.717, 1.165) is 24.1 Å². The number of carbonyl (C=O) groups is 1. The third-order valence-corrected chi connectivity index (χ3v) is 5.26. The number of nitrogens with one attached hydrogen (secondary N) is 1. The largest absolute Gasteiger partial charge is 0.416 e. The summed E-state index contributed by atoms with van der Waals surface area (Å²) in [5.41, 5.74) is -0.0124. The summed E-state index contributed by atoms with van der Waals surface area (Å²) in [5.74, 6) is 0.649. The van der Waals surface area contributed by atoms with Crippen LogP contribution in [0.4, 0.5) is 23.7 Å². The van der Waals surface area contributed by atoms with Crippen molar-refractivity contribution in [3.8, 4) is 11.4 Å². The molecule has 1 atom stereocenters. The number of anilines is 1. The highest BCUT2D eigenvalue weighted by atomic mass is 35.5. The summed E-state index contributed by atoms with van der Waals surface area (Å²) in [6, 6.07) is 11.1. The first kappa shape index (κ1) is 21.2. The van der Waals surface area contributed by atoms with E-state index < -0.39 is 17.8 Å². The number of halogens is 4. The maximum atomic E-state index is 12.9. The average Bonchev–Trinajstić information content (AvgIpc) is 3.24. The highest BCUT2D eigenvalue weighted by molar-refractivity contribution is 6.30. The molecular formula is C21H18ClF3N4O2. The molecule has 1 unspecified atom stereocenters. The summed E-state index contributed by atoms with van der Waals surface area (Å²) in [4.78, 5) is 18.6. The van der Waals surface area contributed by atoms with Gasteiger partial charge in [0.1, 0.15) is 0 Å². The van der Waals surface area contributed by atoms with E-state index in [9.17, 15) is 18.0 Å². The Labute approximate surface area is 181 Å². The van der Waals surface area contributed by atoms with E-state index in [1.807, 2.05) is 6.07 Å². The first-order chi connectivity index (χ1) is 14.8. The Morgan fingerprint density at radius 1 is 1.19 bits per heavy atom. The zero-order valence-corrected chi connectivity index (χ0v) is 17.0. The molecule has 6 nitrogen and oxygen atoms in total. The molecule has 2 heterocycles. The molecule has 1 N–H and O–H groups in total. The molecule has 31 heavy (non-hydrogen) atoms. The van der Waals surface area contributed by atoms with Gasteiger partial charge in [-0.25, -0.2) is 4.79 Å². The Bertz CT molecular complexity index is 1090. The van der Waals surface area contributed by atoms with Gasteiger partial charge in [-0.15, -0.1) is 0 Å². The standard InChI is InChI=1S/C21H18ClF3N4O2/c22-16-7-1-4-13(10-16)18-27-19(31-28-18)14-5-3-9-29(12-14)20(30)26-17-8-2-6-15(11-17)21(23,24)25/h1-2,4,6-8,10-11,14H,3,5,9,12H2,(H,26,30). The van der Waals surface area contributed by atoms with Gasteiger partial charge in [0.2, 0.25) is 11.7 Å². The molecule has 2 amide bonds. The van der Waals surface area contributed by atoms with Crippen molar-refractivity contribution in [2.45, 2.75) is 24.9 Å². The highest BCUT2D eigenvalue weighted by Gasteiger charge is 2.31. The van der Waals surface area contributed by atoms with E-state index in [1.54, 1.807) is 18.2 Å². The van der Waals surface area contributed by atoms with E-state index >= 15 is 0 Å². The van der Waals surface area contributed by atoms with E-state index in [-0.39, 0.29) is 11.6 Å². The van der Waals surface area contributed by atoms with Crippen LogP contribution in [0.25, 0.3) is 11.4 Å². The quantitative estimate of drug-likeness (QED) is 0.545. The number of urea groups is 1. The summed E-state index contributed by atoms with van der Waals surface area (Å²) < 4.78 is 44.1. The molecule has 1 aliphatic heterocycles. The number of aromatic nitrogens is 2. The molecule has 0 saturated carbocycles. The van der Waals surface area contributed by atoms with E-state index in [0.29, 0.717) is 36.2 Å². The molecule has 4 rings (SSSR count). The number of carbonyl (C=O) groups excluding carboxylic acids is 1. The molecule has 10 heteroatoms. The second kappa shape index (κ2) is 8.58. The number of benzene rings is 2.